The molecule has 0 heterocycles. The Morgan fingerprint density at radius 1 is 0.816 bits per heavy atom. The van der Waals surface area contributed by atoms with Gasteiger partial charge < -0.3 is 24.4 Å². The van der Waals surface area contributed by atoms with E-state index in [2.05, 4.69) is 5.32 Å². The van der Waals surface area contributed by atoms with E-state index in [-0.39, 0.29) is 34.3 Å². The summed E-state index contributed by atoms with van der Waals surface area (Å²) >= 11 is 12.5. The van der Waals surface area contributed by atoms with Crippen LogP contribution >= 0.6 is 23.2 Å². The van der Waals surface area contributed by atoms with E-state index < -0.39 is 34.4 Å². The molecular weight excluding hydrogens is 689 g/mol. The Morgan fingerprint density at radius 2 is 1.51 bits per heavy atom. The van der Waals surface area contributed by atoms with E-state index in [4.69, 9.17) is 37.4 Å². The maximum atomic E-state index is 14.6. The first-order valence-electron chi connectivity index (χ1n) is 15.5. The standard InChI is InChI=1S/C36H39Cl2N3O7S/c1-5-39-36(43)32(21-25-10-8-7-9-11-25)40(23-26-12-18-30(37)31(38)20-26)35(42)24-41(27-13-15-28(16-14-27)48-6-2)49(44,45)29-17-19-33(46-3)34(22-29)47-4/h7-20,22,32H,5-6,21,23-24H2,1-4H3,(H,39,43)/t32-/m1/s1. The number of hydrogen-bond donors (Lipinski definition) is 1. The average Bonchev–Trinajstić information content (AvgIpc) is 3.10. The lowest BCUT2D eigenvalue weighted by Crippen LogP contribution is -2.53. The Kier molecular flexibility index (Phi) is 13.2. The van der Waals surface area contributed by atoms with Crippen molar-refractivity contribution in [3.8, 4) is 17.2 Å². The molecular formula is C36H39Cl2N3O7S. The topological polar surface area (TPSA) is 114 Å². The van der Waals surface area contributed by atoms with Gasteiger partial charge in [-0.1, -0.05) is 59.6 Å². The van der Waals surface area contributed by atoms with Crippen molar-refractivity contribution in [3.05, 3.63) is 112 Å². The van der Waals surface area contributed by atoms with Crippen LogP contribution in [-0.4, -0.2) is 65.1 Å². The van der Waals surface area contributed by atoms with Gasteiger partial charge in [0.25, 0.3) is 10.0 Å². The third-order valence-electron chi connectivity index (χ3n) is 7.62. The van der Waals surface area contributed by atoms with Crippen LogP contribution in [0.5, 0.6) is 17.2 Å². The van der Waals surface area contributed by atoms with Crippen LogP contribution < -0.4 is 23.8 Å². The summed E-state index contributed by atoms with van der Waals surface area (Å²) in [6.45, 7) is 3.66. The predicted molar refractivity (Wildman–Crippen MR) is 191 cm³/mol. The van der Waals surface area contributed by atoms with Gasteiger partial charge in [0.05, 0.1) is 41.5 Å². The van der Waals surface area contributed by atoms with Crippen molar-refractivity contribution in [1.82, 2.24) is 10.2 Å². The third kappa shape index (κ3) is 9.38. The summed E-state index contributed by atoms with van der Waals surface area (Å²) in [6.07, 6.45) is 0.172. The van der Waals surface area contributed by atoms with E-state index >= 15 is 0 Å². The molecule has 260 valence electrons. The molecule has 0 aliphatic rings. The van der Waals surface area contributed by atoms with Gasteiger partial charge >= 0.3 is 0 Å². The second-order valence-corrected chi connectivity index (χ2v) is 13.5. The minimum atomic E-state index is -4.40. The van der Waals surface area contributed by atoms with Gasteiger partial charge in [-0.05, 0) is 73.5 Å². The van der Waals surface area contributed by atoms with Crippen LogP contribution in [0.25, 0.3) is 0 Å². The smallest absolute Gasteiger partial charge is 0.264 e. The van der Waals surface area contributed by atoms with Gasteiger partial charge in [-0.25, -0.2) is 8.42 Å². The third-order valence-corrected chi connectivity index (χ3v) is 10.1. The van der Waals surface area contributed by atoms with Gasteiger partial charge in [0.2, 0.25) is 11.8 Å². The Bertz CT molecular complexity index is 1840. The second kappa shape index (κ2) is 17.3. The first-order chi connectivity index (χ1) is 23.5. The SMILES string of the molecule is CCNC(=O)[C@@H](Cc1ccccc1)N(Cc1ccc(Cl)c(Cl)c1)C(=O)CN(c1ccc(OCC)cc1)S(=O)(=O)c1ccc(OC)c(OC)c1. The molecule has 4 aromatic rings. The number of sulfonamides is 1. The first-order valence-corrected chi connectivity index (χ1v) is 17.7. The highest BCUT2D eigenvalue weighted by atomic mass is 35.5. The summed E-state index contributed by atoms with van der Waals surface area (Å²) < 4.78 is 46.1. The van der Waals surface area contributed by atoms with Gasteiger partial charge in [0.15, 0.2) is 11.5 Å². The van der Waals surface area contributed by atoms with Crippen molar-refractivity contribution in [2.24, 2.45) is 0 Å². The maximum Gasteiger partial charge on any atom is 0.264 e. The van der Waals surface area contributed by atoms with Crippen LogP contribution in [-0.2, 0) is 32.6 Å². The zero-order valence-electron chi connectivity index (χ0n) is 27.7. The molecule has 0 saturated heterocycles. The molecule has 13 heteroatoms. The van der Waals surface area contributed by atoms with Gasteiger partial charge in [-0.2, -0.15) is 0 Å². The Balaban J connectivity index is 1.84. The van der Waals surface area contributed by atoms with E-state index in [0.717, 1.165) is 9.87 Å². The predicted octanol–water partition coefficient (Wildman–Crippen LogP) is 6.38. The number of rotatable bonds is 16. The van der Waals surface area contributed by atoms with Crippen LogP contribution in [0.2, 0.25) is 10.0 Å². The summed E-state index contributed by atoms with van der Waals surface area (Å²) in [6, 6.07) is 23.8. The van der Waals surface area contributed by atoms with Crippen molar-refractivity contribution in [2.45, 2.75) is 37.8 Å². The highest BCUT2D eigenvalue weighted by molar-refractivity contribution is 7.92. The van der Waals surface area contributed by atoms with Crippen molar-refractivity contribution < 1.29 is 32.2 Å². The lowest BCUT2D eigenvalue weighted by Gasteiger charge is -2.34. The van der Waals surface area contributed by atoms with Crippen LogP contribution in [0.15, 0.2) is 95.9 Å². The number of amides is 2. The van der Waals surface area contributed by atoms with E-state index in [1.807, 2.05) is 37.3 Å². The number of benzene rings is 4. The lowest BCUT2D eigenvalue weighted by molar-refractivity contribution is -0.140. The first kappa shape index (κ1) is 37.4. The molecule has 4 rings (SSSR count). The molecule has 4 aromatic carbocycles. The average molecular weight is 729 g/mol. The molecule has 49 heavy (non-hydrogen) atoms. The molecule has 0 aliphatic carbocycles. The minimum Gasteiger partial charge on any atom is -0.494 e. The molecule has 0 unspecified atom stereocenters. The number of hydrogen-bond acceptors (Lipinski definition) is 7. The molecule has 0 bridgehead atoms. The molecule has 1 N–H and O–H groups in total. The lowest BCUT2D eigenvalue weighted by atomic mass is 10.0. The molecule has 10 nitrogen and oxygen atoms in total. The molecule has 0 radical (unpaired) electrons. The number of nitrogens with one attached hydrogen (secondary N) is 1. The van der Waals surface area contributed by atoms with E-state index in [9.17, 15) is 18.0 Å². The fourth-order valence-corrected chi connectivity index (χ4v) is 6.94. The van der Waals surface area contributed by atoms with Crippen molar-refractivity contribution in [1.29, 1.82) is 0 Å². The summed E-state index contributed by atoms with van der Waals surface area (Å²) in [7, 11) is -1.55. The van der Waals surface area contributed by atoms with Gasteiger partial charge in [0, 0.05) is 25.6 Å². The highest BCUT2D eigenvalue weighted by Gasteiger charge is 2.35. The maximum absolute atomic E-state index is 14.6. The zero-order valence-corrected chi connectivity index (χ0v) is 30.0. The Hall–Kier alpha value is -4.45. The monoisotopic (exact) mass is 727 g/mol. The van der Waals surface area contributed by atoms with Crippen LogP contribution in [0.1, 0.15) is 25.0 Å². The van der Waals surface area contributed by atoms with Crippen LogP contribution in [0, 0.1) is 0 Å². The van der Waals surface area contributed by atoms with E-state index in [0.29, 0.717) is 35.2 Å². The van der Waals surface area contributed by atoms with E-state index in [1.54, 1.807) is 49.4 Å². The summed E-state index contributed by atoms with van der Waals surface area (Å²) in [4.78, 5) is 29.5. The zero-order chi connectivity index (χ0) is 35.6. The normalized spacial score (nSPS) is 11.7. The Labute approximate surface area is 297 Å². The number of halogens is 2. The molecule has 0 aliphatic heterocycles. The number of ether oxygens (including phenoxy) is 3. The molecule has 0 saturated carbocycles. The molecule has 1 atom stereocenters. The van der Waals surface area contributed by atoms with Crippen LogP contribution in [0.3, 0.4) is 0 Å². The number of carbonyl (C=O) groups excluding carboxylic acids is 2. The van der Waals surface area contributed by atoms with Gasteiger partial charge in [-0.15, -0.1) is 0 Å². The summed E-state index contributed by atoms with van der Waals surface area (Å²) in [5.74, 6) is 0.0401. The summed E-state index contributed by atoms with van der Waals surface area (Å²) in [5.41, 5.74) is 1.62. The Morgan fingerprint density at radius 3 is 2.12 bits per heavy atom. The van der Waals surface area contributed by atoms with Crippen molar-refractivity contribution in [2.75, 3.05) is 38.2 Å². The molecule has 0 fully saturated rings. The molecule has 0 spiro atoms. The van der Waals surface area contributed by atoms with Gasteiger partial charge in [0.1, 0.15) is 18.3 Å². The highest BCUT2D eigenvalue weighted by Crippen LogP contribution is 2.33. The number of carbonyl (C=O) groups is 2. The fraction of sp³-hybridized carbons (Fsp3) is 0.278. The largest absolute Gasteiger partial charge is 0.494 e. The van der Waals surface area contributed by atoms with E-state index in [1.165, 1.54) is 37.3 Å². The quantitative estimate of drug-likeness (QED) is 0.143. The van der Waals surface area contributed by atoms with Crippen molar-refractivity contribution >= 4 is 50.7 Å². The molecule has 2 amide bonds. The minimum absolute atomic E-state index is 0.0577. The fourth-order valence-electron chi connectivity index (χ4n) is 5.19. The van der Waals surface area contributed by atoms with Gasteiger partial charge in [-0.3, -0.25) is 13.9 Å². The number of likely N-dealkylation sites (N-methyl/N-ethyl adjacent to an activating group) is 1. The number of anilines is 1. The second-order valence-electron chi connectivity index (χ2n) is 10.8. The molecule has 0 aromatic heterocycles. The summed E-state index contributed by atoms with van der Waals surface area (Å²) in [5, 5.41) is 3.44. The number of nitrogens with zero attached hydrogens (tertiary/aromatic N) is 2. The van der Waals surface area contributed by atoms with Crippen LogP contribution in [0.4, 0.5) is 5.69 Å². The van der Waals surface area contributed by atoms with Crippen molar-refractivity contribution in [3.63, 3.8) is 0 Å². The number of methoxy groups -OCH3 is 2.